The zero-order chi connectivity index (χ0) is 13.0. The number of halogens is 2. The van der Waals surface area contributed by atoms with Crippen LogP contribution in [0.3, 0.4) is 0 Å². The van der Waals surface area contributed by atoms with Gasteiger partial charge in [-0.3, -0.25) is 0 Å². The molecule has 1 fully saturated rings. The van der Waals surface area contributed by atoms with E-state index in [9.17, 15) is 0 Å². The molecule has 2 heterocycles. The van der Waals surface area contributed by atoms with Crippen LogP contribution in [0.4, 0.5) is 0 Å². The Kier molecular flexibility index (Phi) is 5.71. The standard InChI is InChI=1S/C14H18Br2O2/c1-2-12-11(16)6-3-7-13-14(18-12)9-10(17-13)5-4-8-15/h3,5-6,8,10-14H,2,7,9H2,1H3/b6-3-/t4?,10-,11-,12+,13-,14-/m0/s1. The number of ether oxygens (including phenoxy) is 2. The lowest BCUT2D eigenvalue weighted by atomic mass is 10.0. The van der Waals surface area contributed by atoms with Crippen LogP contribution in [0.5, 0.6) is 0 Å². The molecule has 0 aromatic heterocycles. The van der Waals surface area contributed by atoms with Gasteiger partial charge in [-0.2, -0.15) is 0 Å². The molecule has 100 valence electrons. The number of hydrogen-bond acceptors (Lipinski definition) is 2. The van der Waals surface area contributed by atoms with E-state index < -0.39 is 0 Å². The zero-order valence-electron chi connectivity index (χ0n) is 10.4. The smallest absolute Gasteiger partial charge is 0.0880 e. The molecule has 0 unspecified atom stereocenters. The van der Waals surface area contributed by atoms with Gasteiger partial charge in [0.15, 0.2) is 0 Å². The molecule has 2 aliphatic rings. The molecule has 0 aromatic rings. The summed E-state index contributed by atoms with van der Waals surface area (Å²) in [7, 11) is 0. The molecule has 4 heteroatoms. The van der Waals surface area contributed by atoms with Crippen LogP contribution in [0, 0.1) is 0 Å². The molecular weight excluding hydrogens is 360 g/mol. The van der Waals surface area contributed by atoms with Crippen molar-refractivity contribution >= 4 is 31.9 Å². The van der Waals surface area contributed by atoms with Gasteiger partial charge in [-0.1, -0.05) is 50.9 Å². The van der Waals surface area contributed by atoms with Crippen LogP contribution in [-0.2, 0) is 9.47 Å². The minimum atomic E-state index is 0.117. The van der Waals surface area contributed by atoms with Crippen molar-refractivity contribution in [1.29, 1.82) is 0 Å². The molecule has 1 saturated heterocycles. The molecule has 0 aromatic carbocycles. The molecule has 5 atom stereocenters. The first kappa shape index (κ1) is 14.5. The summed E-state index contributed by atoms with van der Waals surface area (Å²) in [6.07, 6.45) is 9.90. The van der Waals surface area contributed by atoms with Gasteiger partial charge >= 0.3 is 0 Å². The van der Waals surface area contributed by atoms with Gasteiger partial charge in [0, 0.05) is 11.4 Å². The van der Waals surface area contributed by atoms with Crippen molar-refractivity contribution < 1.29 is 9.47 Å². The summed E-state index contributed by atoms with van der Waals surface area (Å²) in [6.45, 7) is 2.16. The Bertz CT molecular complexity index is 361. The Balaban J connectivity index is 2.06. The monoisotopic (exact) mass is 376 g/mol. The minimum absolute atomic E-state index is 0.117. The molecule has 2 nitrogen and oxygen atoms in total. The van der Waals surface area contributed by atoms with Gasteiger partial charge in [0.25, 0.3) is 0 Å². The van der Waals surface area contributed by atoms with Gasteiger partial charge in [-0.05, 0) is 18.9 Å². The van der Waals surface area contributed by atoms with Crippen molar-refractivity contribution in [3.63, 3.8) is 0 Å². The van der Waals surface area contributed by atoms with Crippen molar-refractivity contribution in [2.24, 2.45) is 0 Å². The quantitative estimate of drug-likeness (QED) is 0.410. The van der Waals surface area contributed by atoms with Crippen LogP contribution >= 0.6 is 31.9 Å². The first-order chi connectivity index (χ1) is 8.74. The number of fused-ring (bicyclic) bond motifs is 1. The van der Waals surface area contributed by atoms with Crippen molar-refractivity contribution in [3.8, 4) is 0 Å². The van der Waals surface area contributed by atoms with E-state index in [0.717, 1.165) is 19.3 Å². The molecule has 0 saturated carbocycles. The van der Waals surface area contributed by atoms with E-state index in [4.69, 9.17) is 9.47 Å². The van der Waals surface area contributed by atoms with E-state index in [1.807, 2.05) is 6.08 Å². The average molecular weight is 378 g/mol. The van der Waals surface area contributed by atoms with E-state index in [1.54, 1.807) is 4.99 Å². The minimum Gasteiger partial charge on any atom is -0.371 e. The van der Waals surface area contributed by atoms with Gasteiger partial charge in [0.1, 0.15) is 0 Å². The highest BCUT2D eigenvalue weighted by Gasteiger charge is 2.37. The SMILES string of the molecule is CC[C@H]1O[C@H]2C[C@H](C=C=CBr)O[C@H]2C/C=C\[C@@H]1Br. The maximum absolute atomic E-state index is 6.19. The number of rotatable bonds is 2. The number of alkyl halides is 1. The van der Waals surface area contributed by atoms with E-state index in [1.165, 1.54) is 0 Å². The fourth-order valence-electron chi connectivity index (χ4n) is 2.44. The third-order valence-corrected chi connectivity index (χ3v) is 4.53. The van der Waals surface area contributed by atoms with Crippen molar-refractivity contribution in [1.82, 2.24) is 0 Å². The fourth-order valence-corrected chi connectivity index (χ4v) is 3.30. The van der Waals surface area contributed by atoms with Crippen LogP contribution in [0.15, 0.2) is 28.9 Å². The summed E-state index contributed by atoms with van der Waals surface area (Å²) in [5.74, 6) is 0. The third kappa shape index (κ3) is 3.58. The molecule has 0 amide bonds. The first-order valence-corrected chi connectivity index (χ1v) is 8.20. The highest BCUT2D eigenvalue weighted by atomic mass is 79.9. The Morgan fingerprint density at radius 2 is 2.22 bits per heavy atom. The molecule has 0 radical (unpaired) electrons. The Morgan fingerprint density at radius 3 is 2.94 bits per heavy atom. The second-order valence-corrected chi connectivity index (χ2v) is 6.14. The first-order valence-electron chi connectivity index (χ1n) is 6.37. The van der Waals surface area contributed by atoms with Crippen LogP contribution in [0.2, 0.25) is 0 Å². The largest absolute Gasteiger partial charge is 0.371 e. The Labute approximate surface area is 125 Å². The van der Waals surface area contributed by atoms with E-state index in [-0.39, 0.29) is 24.4 Å². The summed E-state index contributed by atoms with van der Waals surface area (Å²) in [5, 5.41) is 0. The maximum Gasteiger partial charge on any atom is 0.0880 e. The summed E-state index contributed by atoms with van der Waals surface area (Å²) >= 11 is 6.89. The van der Waals surface area contributed by atoms with E-state index in [2.05, 4.69) is 56.7 Å². The predicted molar refractivity (Wildman–Crippen MR) is 80.3 cm³/mol. The van der Waals surface area contributed by atoms with Crippen LogP contribution in [0.25, 0.3) is 0 Å². The van der Waals surface area contributed by atoms with Crippen LogP contribution < -0.4 is 0 Å². The van der Waals surface area contributed by atoms with E-state index >= 15 is 0 Å². The van der Waals surface area contributed by atoms with Gasteiger partial charge in [-0.15, -0.1) is 5.73 Å². The summed E-state index contributed by atoms with van der Waals surface area (Å²) in [4.78, 5) is 2.03. The lowest BCUT2D eigenvalue weighted by Gasteiger charge is -2.28. The fraction of sp³-hybridized carbons (Fsp3) is 0.643. The van der Waals surface area contributed by atoms with E-state index in [0.29, 0.717) is 4.83 Å². The summed E-state index contributed by atoms with van der Waals surface area (Å²) in [5.41, 5.74) is 3.02. The maximum atomic E-state index is 6.19. The topological polar surface area (TPSA) is 18.5 Å². The second-order valence-electron chi connectivity index (χ2n) is 4.62. The average Bonchev–Trinajstić information content (AvgIpc) is 2.73. The van der Waals surface area contributed by atoms with Crippen LogP contribution in [0.1, 0.15) is 26.2 Å². The summed E-state index contributed by atoms with van der Waals surface area (Å²) < 4.78 is 12.2. The predicted octanol–water partition coefficient (Wildman–Crippen LogP) is 4.09. The number of hydrogen-bond donors (Lipinski definition) is 0. The highest BCUT2D eigenvalue weighted by Crippen LogP contribution is 2.31. The summed E-state index contributed by atoms with van der Waals surface area (Å²) in [6, 6.07) is 0. The van der Waals surface area contributed by atoms with Gasteiger partial charge in [0.2, 0.25) is 0 Å². The molecule has 2 rings (SSSR count). The normalized spacial score (nSPS) is 41.2. The molecule has 0 aliphatic carbocycles. The van der Waals surface area contributed by atoms with Crippen molar-refractivity contribution in [2.75, 3.05) is 0 Å². The molecule has 2 aliphatic heterocycles. The van der Waals surface area contributed by atoms with Crippen molar-refractivity contribution in [2.45, 2.75) is 55.4 Å². The second kappa shape index (κ2) is 7.06. The Hall–Kier alpha value is 0.140. The lowest BCUT2D eigenvalue weighted by molar-refractivity contribution is -0.0526. The van der Waals surface area contributed by atoms with Gasteiger partial charge < -0.3 is 9.47 Å². The molecule has 0 spiro atoms. The van der Waals surface area contributed by atoms with Crippen LogP contribution in [-0.4, -0.2) is 29.2 Å². The molecule has 18 heavy (non-hydrogen) atoms. The van der Waals surface area contributed by atoms with Gasteiger partial charge in [0.05, 0.1) is 29.2 Å². The zero-order valence-corrected chi connectivity index (χ0v) is 13.6. The van der Waals surface area contributed by atoms with Gasteiger partial charge in [-0.25, -0.2) is 0 Å². The van der Waals surface area contributed by atoms with Crippen molar-refractivity contribution in [3.05, 3.63) is 28.9 Å². The molecule has 0 bridgehead atoms. The highest BCUT2D eigenvalue weighted by molar-refractivity contribution is 9.11. The molecular formula is C14H18Br2O2. The lowest BCUT2D eigenvalue weighted by Crippen LogP contribution is -2.34. The third-order valence-electron chi connectivity index (χ3n) is 3.37. The molecule has 0 N–H and O–H groups in total. The Morgan fingerprint density at radius 1 is 1.39 bits per heavy atom.